The van der Waals surface area contributed by atoms with Crippen molar-refractivity contribution in [1.29, 1.82) is 0 Å². The van der Waals surface area contributed by atoms with E-state index >= 15 is 0 Å². The molecular formula is C21H14ClN6NaO6S3. The molecule has 3 aromatic rings. The standard InChI is InChI=1S/C21H15ClN6O6S3.Na/c22-16-12(25-21(23)37-16)13(26-33)17(29)24-14-18(30)28-15(20(31)32)8(7-36-19(14)28)3-4-9-6-10(27-34-9)11-2-1-5-35-11;/h1-6,14,19,33H,7H2,(H2,23,25)(H,24,29)(H,31,32);/q;+1/p-1/b4-3-,26-13-;/t14-,19-;/m1./s1. The van der Waals surface area contributed by atoms with Gasteiger partial charge in [-0.1, -0.05) is 45.4 Å². The van der Waals surface area contributed by atoms with Crippen molar-refractivity contribution in [2.45, 2.75) is 11.4 Å². The second kappa shape index (κ2) is 11.6. The summed E-state index contributed by atoms with van der Waals surface area (Å²) in [5.41, 5.74) is 5.57. The van der Waals surface area contributed by atoms with Crippen LogP contribution in [-0.2, 0) is 14.4 Å². The molecule has 0 bridgehead atoms. The number of amides is 2. The normalized spacial score (nSPS) is 19.2. The van der Waals surface area contributed by atoms with Gasteiger partial charge >= 0.3 is 29.6 Å². The fourth-order valence-electron chi connectivity index (χ4n) is 3.72. The summed E-state index contributed by atoms with van der Waals surface area (Å²) in [6, 6.07) is 4.42. The van der Waals surface area contributed by atoms with E-state index in [1.807, 2.05) is 17.5 Å². The molecule has 4 N–H and O–H groups in total. The summed E-state index contributed by atoms with van der Waals surface area (Å²) in [6.07, 6.45) is 3.08. The Bertz CT molecular complexity index is 1500. The Hall–Kier alpha value is -2.66. The Morgan fingerprint density at radius 2 is 2.18 bits per heavy atom. The first kappa shape index (κ1) is 28.4. The van der Waals surface area contributed by atoms with Crippen LogP contribution in [0.5, 0.6) is 0 Å². The van der Waals surface area contributed by atoms with Crippen molar-refractivity contribution in [1.82, 2.24) is 20.4 Å². The number of hydrogen-bond acceptors (Lipinski definition) is 13. The van der Waals surface area contributed by atoms with Gasteiger partial charge in [0.1, 0.15) is 27.1 Å². The minimum Gasteiger partial charge on any atom is -0.543 e. The van der Waals surface area contributed by atoms with Crippen LogP contribution in [0, 0.1) is 0 Å². The second-order valence-electron chi connectivity index (χ2n) is 7.57. The van der Waals surface area contributed by atoms with Crippen molar-refractivity contribution in [3.05, 3.63) is 56.7 Å². The molecule has 190 valence electrons. The van der Waals surface area contributed by atoms with Crippen LogP contribution in [0.25, 0.3) is 16.6 Å². The third-order valence-electron chi connectivity index (χ3n) is 5.37. The van der Waals surface area contributed by atoms with Gasteiger partial charge in [0.05, 0.1) is 16.5 Å². The molecule has 2 atom stereocenters. The van der Waals surface area contributed by atoms with Gasteiger partial charge in [-0.05, 0) is 23.1 Å². The van der Waals surface area contributed by atoms with Gasteiger partial charge in [0, 0.05) is 11.8 Å². The number of allylic oxidation sites excluding steroid dienone is 1. The molecule has 1 fully saturated rings. The molecule has 2 aliphatic rings. The van der Waals surface area contributed by atoms with Gasteiger partial charge in [0.15, 0.2) is 16.6 Å². The van der Waals surface area contributed by atoms with Gasteiger partial charge in [-0.3, -0.25) is 14.5 Å². The molecule has 0 radical (unpaired) electrons. The number of aromatic nitrogens is 2. The van der Waals surface area contributed by atoms with Gasteiger partial charge < -0.3 is 30.7 Å². The topological polar surface area (TPSA) is 187 Å². The fourth-order valence-corrected chi connectivity index (χ4v) is 6.65. The largest absolute Gasteiger partial charge is 1.00 e. The molecule has 38 heavy (non-hydrogen) atoms. The average molecular weight is 601 g/mol. The zero-order chi connectivity index (χ0) is 26.3. The maximum atomic E-state index is 12.9. The SMILES string of the molecule is Nc1nc(/C(=N/O)C(=O)N[C@@H]2C(=O)N3C(C(=O)[O-])=C(/C=C\c4cc(-c5cccs5)no4)CS[C@H]23)c(Cl)s1.[Na+]. The number of carboxylic acid groups (broad SMARTS) is 1. The zero-order valence-electron chi connectivity index (χ0n) is 19.3. The Labute approximate surface area is 253 Å². The Morgan fingerprint density at radius 1 is 1.39 bits per heavy atom. The number of hydrogen-bond donors (Lipinski definition) is 3. The maximum absolute atomic E-state index is 12.9. The summed E-state index contributed by atoms with van der Waals surface area (Å²) in [4.78, 5) is 43.4. The van der Waals surface area contributed by atoms with E-state index in [1.165, 1.54) is 29.2 Å². The molecule has 3 aromatic heterocycles. The van der Waals surface area contributed by atoms with Gasteiger partial charge in [-0.25, -0.2) is 4.98 Å². The predicted octanol–water partition coefficient (Wildman–Crippen LogP) is -1.61. The summed E-state index contributed by atoms with van der Waals surface area (Å²) in [7, 11) is 0. The monoisotopic (exact) mass is 600 g/mol. The molecule has 17 heteroatoms. The second-order valence-corrected chi connectivity index (χ2v) is 11.3. The molecule has 0 unspecified atom stereocenters. The van der Waals surface area contributed by atoms with E-state index in [1.54, 1.807) is 12.1 Å². The number of rotatable bonds is 7. The number of nitrogens with two attached hydrogens (primary N) is 1. The van der Waals surface area contributed by atoms with Crippen molar-refractivity contribution in [2.75, 3.05) is 11.5 Å². The van der Waals surface area contributed by atoms with Crippen molar-refractivity contribution < 1.29 is 58.8 Å². The van der Waals surface area contributed by atoms with Crippen molar-refractivity contribution in [2.24, 2.45) is 5.16 Å². The Morgan fingerprint density at radius 3 is 2.82 bits per heavy atom. The summed E-state index contributed by atoms with van der Waals surface area (Å²) in [6.45, 7) is 0. The summed E-state index contributed by atoms with van der Waals surface area (Å²) >= 11 is 9.61. The number of nitrogens with one attached hydrogen (secondary N) is 1. The molecular weight excluding hydrogens is 587 g/mol. The first-order valence-electron chi connectivity index (χ1n) is 10.3. The number of β-lactam (4-membered cyclic amide) rings is 1. The molecule has 0 aromatic carbocycles. The van der Waals surface area contributed by atoms with Crippen LogP contribution in [0.1, 0.15) is 11.5 Å². The Balaban J connectivity index is 0.00000336. The Kier molecular flexibility index (Phi) is 8.66. The number of thiazole rings is 1. The first-order chi connectivity index (χ1) is 17.8. The van der Waals surface area contributed by atoms with Crippen LogP contribution in [0.2, 0.25) is 4.34 Å². The maximum Gasteiger partial charge on any atom is 1.00 e. The van der Waals surface area contributed by atoms with E-state index in [-0.39, 0.29) is 56.2 Å². The van der Waals surface area contributed by atoms with Gasteiger partial charge in [-0.2, -0.15) is 0 Å². The van der Waals surface area contributed by atoms with Crippen LogP contribution in [0.3, 0.4) is 0 Å². The van der Waals surface area contributed by atoms with Crippen LogP contribution in [-0.4, -0.2) is 60.9 Å². The fraction of sp³-hybridized carbons (Fsp3) is 0.143. The molecule has 2 amide bonds. The van der Waals surface area contributed by atoms with E-state index in [2.05, 4.69) is 20.6 Å². The quantitative estimate of drug-likeness (QED) is 0.0936. The van der Waals surface area contributed by atoms with Gasteiger partial charge in [-0.15, -0.1) is 23.1 Å². The van der Waals surface area contributed by atoms with Crippen molar-refractivity contribution in [3.8, 4) is 10.6 Å². The number of carboxylic acids is 1. The summed E-state index contributed by atoms with van der Waals surface area (Å²) in [5.74, 6) is -2.52. The molecule has 5 rings (SSSR count). The first-order valence-corrected chi connectivity index (χ1v) is 13.4. The van der Waals surface area contributed by atoms with Crippen LogP contribution >= 0.6 is 46.0 Å². The number of halogens is 1. The van der Waals surface area contributed by atoms with Crippen molar-refractivity contribution in [3.63, 3.8) is 0 Å². The molecule has 12 nitrogen and oxygen atoms in total. The smallest absolute Gasteiger partial charge is 0.543 e. The van der Waals surface area contributed by atoms with E-state index in [9.17, 15) is 24.7 Å². The molecule has 2 aliphatic heterocycles. The number of nitrogens with zero attached hydrogens (tertiary/aromatic N) is 4. The number of nitrogen functional groups attached to an aromatic ring is 1. The summed E-state index contributed by atoms with van der Waals surface area (Å²) < 4.78 is 5.32. The molecule has 0 saturated carbocycles. The predicted molar refractivity (Wildman–Crippen MR) is 136 cm³/mol. The molecule has 0 aliphatic carbocycles. The number of anilines is 1. The number of oxime groups is 1. The average Bonchev–Trinajstić information content (AvgIpc) is 3.62. The van der Waals surface area contributed by atoms with Crippen LogP contribution in [0.4, 0.5) is 5.13 Å². The van der Waals surface area contributed by atoms with E-state index in [0.717, 1.165) is 21.1 Å². The third-order valence-corrected chi connectivity index (χ3v) is 8.65. The van der Waals surface area contributed by atoms with Crippen LogP contribution in [0.15, 0.2) is 50.6 Å². The number of carbonyl (C=O) groups excluding carboxylic acids is 3. The number of thiophene rings is 1. The van der Waals surface area contributed by atoms with Crippen LogP contribution < -0.4 is 45.7 Å². The van der Waals surface area contributed by atoms with E-state index in [4.69, 9.17) is 21.9 Å². The summed E-state index contributed by atoms with van der Waals surface area (Å²) in [5, 5.41) is 31.9. The molecule has 0 spiro atoms. The number of fused-ring (bicyclic) bond motifs is 1. The number of aliphatic carboxylic acids is 1. The number of carbonyl (C=O) groups is 3. The van der Waals surface area contributed by atoms with E-state index < -0.39 is 34.9 Å². The van der Waals surface area contributed by atoms with Crippen molar-refractivity contribution >= 4 is 80.7 Å². The van der Waals surface area contributed by atoms with Gasteiger partial charge in [0.2, 0.25) is 0 Å². The number of thioether (sulfide) groups is 1. The minimum atomic E-state index is -1.54. The zero-order valence-corrected chi connectivity index (χ0v) is 24.5. The molecule has 1 saturated heterocycles. The third kappa shape index (κ3) is 5.27. The van der Waals surface area contributed by atoms with Gasteiger partial charge in [0.25, 0.3) is 11.8 Å². The minimum absolute atomic E-state index is 0. The van der Waals surface area contributed by atoms with E-state index in [0.29, 0.717) is 17.0 Å². The molecule has 5 heterocycles.